The molecule has 0 atom stereocenters. The van der Waals surface area contributed by atoms with Crippen molar-refractivity contribution >= 4 is 52.1 Å². The molecule has 1 heterocycles. The number of halogens is 2. The summed E-state index contributed by atoms with van der Waals surface area (Å²) in [6.07, 6.45) is 3.92. The second-order valence-corrected chi connectivity index (χ2v) is 10.2. The van der Waals surface area contributed by atoms with Crippen LogP contribution in [-0.2, 0) is 10.0 Å². The van der Waals surface area contributed by atoms with Crippen LogP contribution in [0, 0.1) is 5.82 Å². The number of hydrogen-bond donors (Lipinski definition) is 2. The smallest absolute Gasteiger partial charge is 0.242 e. The van der Waals surface area contributed by atoms with E-state index in [0.717, 1.165) is 17.1 Å². The molecule has 0 unspecified atom stereocenters. The average Bonchev–Trinajstić information content (AvgIpc) is 3.14. The Labute approximate surface area is 205 Å². The van der Waals surface area contributed by atoms with E-state index in [-0.39, 0.29) is 11.4 Å². The van der Waals surface area contributed by atoms with Crippen molar-refractivity contribution in [1.82, 2.24) is 19.4 Å². The van der Waals surface area contributed by atoms with Crippen molar-refractivity contribution in [3.8, 4) is 0 Å². The number of nitrogens with zero attached hydrogens (tertiary/aromatic N) is 3. The predicted octanol–water partition coefficient (Wildman–Crippen LogP) is 2.33. The molecule has 0 aliphatic heterocycles. The van der Waals surface area contributed by atoms with Crippen molar-refractivity contribution in [2.75, 3.05) is 25.9 Å². The van der Waals surface area contributed by atoms with Crippen molar-refractivity contribution in [3.05, 3.63) is 83.8 Å². The summed E-state index contributed by atoms with van der Waals surface area (Å²) in [5.74, 6) is 0.444. The van der Waals surface area contributed by atoms with Gasteiger partial charge in [0, 0.05) is 31.4 Å². The fourth-order valence-corrected chi connectivity index (χ4v) is 4.73. The van der Waals surface area contributed by atoms with Crippen molar-refractivity contribution in [1.29, 1.82) is 0 Å². The quantitative estimate of drug-likeness (QED) is 0.253. The molecule has 2 aromatic carbocycles. The van der Waals surface area contributed by atoms with Crippen LogP contribution < -0.4 is 16.5 Å². The highest BCUT2D eigenvalue weighted by Gasteiger charge is 2.20. The van der Waals surface area contributed by atoms with Gasteiger partial charge in [0.05, 0.1) is 4.90 Å². The van der Waals surface area contributed by atoms with Gasteiger partial charge in [-0.05, 0) is 53.4 Å². The van der Waals surface area contributed by atoms with Crippen LogP contribution in [-0.4, -0.2) is 50.5 Å². The van der Waals surface area contributed by atoms with E-state index in [1.54, 1.807) is 23.0 Å². The standard InChI is InChI=1S/C23H26BClFN5O2S/c1-16(19-9-3-4-10-21(19)25)13-22(31-23(27)20(24)15-29-31)28-11-6-12-30(2)34(32,33)18-8-5-7-17(26)14-18/h3-5,7-10,13-15,28H,1,6,11-12,24,27H2,2H3/b22-13-. The Morgan fingerprint density at radius 2 is 2.06 bits per heavy atom. The normalized spacial score (nSPS) is 12.2. The summed E-state index contributed by atoms with van der Waals surface area (Å²) in [5.41, 5.74) is 8.43. The molecule has 3 aromatic rings. The number of benzene rings is 2. The number of rotatable bonds is 10. The molecule has 1 aromatic heterocycles. The van der Waals surface area contributed by atoms with Crippen LogP contribution >= 0.6 is 11.6 Å². The topological polar surface area (TPSA) is 93.2 Å². The average molecular weight is 502 g/mol. The third-order valence-electron chi connectivity index (χ3n) is 5.22. The van der Waals surface area contributed by atoms with Gasteiger partial charge >= 0.3 is 0 Å². The van der Waals surface area contributed by atoms with Gasteiger partial charge in [-0.1, -0.05) is 42.4 Å². The van der Waals surface area contributed by atoms with Crippen LogP contribution in [0.2, 0.25) is 5.02 Å². The fourth-order valence-electron chi connectivity index (χ4n) is 3.23. The highest BCUT2D eigenvalue weighted by molar-refractivity contribution is 7.89. The first-order valence-electron chi connectivity index (χ1n) is 10.5. The van der Waals surface area contributed by atoms with E-state index in [1.807, 2.05) is 26.0 Å². The molecular weight excluding hydrogens is 476 g/mol. The molecule has 3 rings (SSSR count). The Balaban J connectivity index is 1.72. The Hall–Kier alpha value is -3.08. The highest BCUT2D eigenvalue weighted by atomic mass is 35.5. The molecule has 0 aliphatic carbocycles. The van der Waals surface area contributed by atoms with Crippen LogP contribution in [0.5, 0.6) is 0 Å². The summed E-state index contributed by atoms with van der Waals surface area (Å²) in [5, 5.41) is 8.16. The van der Waals surface area contributed by atoms with Crippen molar-refractivity contribution in [2.45, 2.75) is 11.3 Å². The second-order valence-electron chi connectivity index (χ2n) is 7.72. The number of sulfonamides is 1. The molecule has 3 N–H and O–H groups in total. The first kappa shape index (κ1) is 25.5. The SMILES string of the molecule is Bc1cnn(/C(=C\C(=C)c2ccccc2Cl)NCCCN(C)S(=O)(=O)c2cccc(F)c2)c1N. The lowest BCUT2D eigenvalue weighted by Crippen LogP contribution is -2.30. The van der Waals surface area contributed by atoms with Crippen LogP contribution in [0.25, 0.3) is 11.4 Å². The zero-order valence-corrected chi connectivity index (χ0v) is 20.6. The van der Waals surface area contributed by atoms with Crippen LogP contribution in [0.3, 0.4) is 0 Å². The van der Waals surface area contributed by atoms with Gasteiger partial charge in [-0.15, -0.1) is 0 Å². The minimum absolute atomic E-state index is 0.0839. The summed E-state index contributed by atoms with van der Waals surface area (Å²) in [6, 6.07) is 12.3. The maximum atomic E-state index is 13.5. The summed E-state index contributed by atoms with van der Waals surface area (Å²) >= 11 is 6.31. The van der Waals surface area contributed by atoms with E-state index in [1.165, 1.54) is 29.6 Å². The van der Waals surface area contributed by atoms with E-state index in [2.05, 4.69) is 17.0 Å². The van der Waals surface area contributed by atoms with Gasteiger partial charge < -0.3 is 11.1 Å². The Morgan fingerprint density at radius 1 is 1.32 bits per heavy atom. The van der Waals surface area contributed by atoms with Crippen molar-refractivity contribution in [2.24, 2.45) is 0 Å². The first-order valence-corrected chi connectivity index (χ1v) is 12.3. The third kappa shape index (κ3) is 5.88. The molecule has 0 bridgehead atoms. The maximum absolute atomic E-state index is 13.5. The number of nitrogen functional groups attached to an aromatic ring is 1. The van der Waals surface area contributed by atoms with Gasteiger partial charge in [0.2, 0.25) is 10.0 Å². The minimum Gasteiger partial charge on any atom is -0.384 e. The minimum atomic E-state index is -3.79. The summed E-state index contributed by atoms with van der Waals surface area (Å²) in [7, 11) is -0.477. The van der Waals surface area contributed by atoms with Crippen LogP contribution in [0.4, 0.5) is 10.2 Å². The van der Waals surface area contributed by atoms with Crippen molar-refractivity contribution in [3.63, 3.8) is 0 Å². The second kappa shape index (κ2) is 10.9. The lowest BCUT2D eigenvalue weighted by molar-refractivity contribution is 0.458. The summed E-state index contributed by atoms with van der Waals surface area (Å²) < 4.78 is 41.6. The molecule has 0 radical (unpaired) electrons. The Morgan fingerprint density at radius 3 is 2.71 bits per heavy atom. The Kier molecular flexibility index (Phi) is 8.19. The monoisotopic (exact) mass is 501 g/mol. The third-order valence-corrected chi connectivity index (χ3v) is 7.40. The molecule has 11 heteroatoms. The van der Waals surface area contributed by atoms with Crippen molar-refractivity contribution < 1.29 is 12.8 Å². The largest absolute Gasteiger partial charge is 0.384 e. The fraction of sp³-hybridized carbons (Fsp3) is 0.174. The molecule has 0 aliphatic rings. The number of hydrogen-bond acceptors (Lipinski definition) is 5. The molecule has 178 valence electrons. The van der Waals surface area contributed by atoms with E-state index >= 15 is 0 Å². The Bertz CT molecular complexity index is 1330. The lowest BCUT2D eigenvalue weighted by atomic mass is 10.0. The highest BCUT2D eigenvalue weighted by Crippen LogP contribution is 2.24. The molecular formula is C23H26BClFN5O2S. The van der Waals surface area contributed by atoms with Gasteiger partial charge in [-0.25, -0.2) is 21.8 Å². The molecule has 0 fully saturated rings. The zero-order valence-electron chi connectivity index (χ0n) is 19.0. The molecule has 34 heavy (non-hydrogen) atoms. The van der Waals surface area contributed by atoms with Gasteiger partial charge in [-0.3, -0.25) is 0 Å². The number of allylic oxidation sites excluding steroid dienone is 2. The van der Waals surface area contributed by atoms with Crippen LogP contribution in [0.15, 0.2) is 72.3 Å². The summed E-state index contributed by atoms with van der Waals surface area (Å²) in [6.45, 7) is 4.76. The van der Waals surface area contributed by atoms with E-state index in [9.17, 15) is 12.8 Å². The number of nitrogens with two attached hydrogens (primary N) is 1. The van der Waals surface area contributed by atoms with Gasteiger partial charge in [0.1, 0.15) is 25.3 Å². The molecule has 0 saturated heterocycles. The number of anilines is 1. The molecule has 0 amide bonds. The maximum Gasteiger partial charge on any atom is 0.242 e. The molecule has 7 nitrogen and oxygen atoms in total. The number of nitrogens with one attached hydrogen (secondary N) is 1. The predicted molar refractivity (Wildman–Crippen MR) is 138 cm³/mol. The van der Waals surface area contributed by atoms with Gasteiger partial charge in [0.25, 0.3) is 0 Å². The summed E-state index contributed by atoms with van der Waals surface area (Å²) in [4.78, 5) is -0.0839. The molecule has 0 spiro atoms. The number of aromatic nitrogens is 2. The van der Waals surface area contributed by atoms with E-state index in [4.69, 9.17) is 17.3 Å². The van der Waals surface area contributed by atoms with Gasteiger partial charge in [-0.2, -0.15) is 5.10 Å². The van der Waals surface area contributed by atoms with E-state index < -0.39 is 15.8 Å². The van der Waals surface area contributed by atoms with Crippen LogP contribution in [0.1, 0.15) is 12.0 Å². The molecule has 0 saturated carbocycles. The lowest BCUT2D eigenvalue weighted by Gasteiger charge is -2.18. The zero-order chi connectivity index (χ0) is 24.9. The van der Waals surface area contributed by atoms with E-state index in [0.29, 0.717) is 35.2 Å². The first-order chi connectivity index (χ1) is 16.1. The van der Waals surface area contributed by atoms with Gasteiger partial charge in [0.15, 0.2) is 0 Å².